The Bertz CT molecular complexity index is 1240. The van der Waals surface area contributed by atoms with Gasteiger partial charge in [0.15, 0.2) is 0 Å². The van der Waals surface area contributed by atoms with E-state index in [0.29, 0.717) is 28.3 Å². The van der Waals surface area contributed by atoms with E-state index < -0.39 is 5.97 Å². The third-order valence-corrected chi connectivity index (χ3v) is 6.20. The standard InChI is InChI=1S/C24H17ClN2O4S/c1-29-24(28)16-6-4-15(5-7-16)13-31-23-19(12-26)18(21-3-2-10-30-21)11-20(27-23)22-9-8-17(25)14-32-22/h2-11H,13-14H2,1H3. The van der Waals surface area contributed by atoms with Gasteiger partial charge in [0.25, 0.3) is 0 Å². The Labute approximate surface area is 194 Å². The maximum absolute atomic E-state index is 11.6. The van der Waals surface area contributed by atoms with Crippen LogP contribution in [0.2, 0.25) is 0 Å². The third kappa shape index (κ3) is 4.72. The number of halogens is 1. The lowest BCUT2D eigenvalue weighted by molar-refractivity contribution is 0.0600. The van der Waals surface area contributed by atoms with Crippen LogP contribution in [0.3, 0.4) is 0 Å². The Hall–Kier alpha value is -3.47. The Morgan fingerprint density at radius 1 is 1.28 bits per heavy atom. The first-order chi connectivity index (χ1) is 15.6. The Kier molecular flexibility index (Phi) is 6.64. The molecule has 0 saturated carbocycles. The number of pyridine rings is 1. The molecule has 0 radical (unpaired) electrons. The molecule has 32 heavy (non-hydrogen) atoms. The van der Waals surface area contributed by atoms with E-state index in [4.69, 9.17) is 25.5 Å². The number of ether oxygens (including phenoxy) is 2. The zero-order chi connectivity index (χ0) is 22.5. The number of furan rings is 1. The van der Waals surface area contributed by atoms with Crippen molar-refractivity contribution in [3.63, 3.8) is 0 Å². The van der Waals surface area contributed by atoms with Gasteiger partial charge in [0.2, 0.25) is 5.88 Å². The normalized spacial score (nSPS) is 13.0. The number of nitrogens with zero attached hydrogens (tertiary/aromatic N) is 2. The minimum Gasteiger partial charge on any atom is -0.472 e. The van der Waals surface area contributed by atoms with E-state index in [1.807, 2.05) is 18.2 Å². The molecule has 0 fully saturated rings. The number of allylic oxidation sites excluding steroid dienone is 2. The van der Waals surface area contributed by atoms with Gasteiger partial charge in [-0.1, -0.05) is 23.7 Å². The summed E-state index contributed by atoms with van der Waals surface area (Å²) in [5, 5.41) is 10.6. The molecule has 0 N–H and O–H groups in total. The molecule has 0 amide bonds. The summed E-state index contributed by atoms with van der Waals surface area (Å²) in [4.78, 5) is 17.1. The summed E-state index contributed by atoms with van der Waals surface area (Å²) in [6.45, 7) is 0.169. The number of hydrogen-bond acceptors (Lipinski definition) is 7. The van der Waals surface area contributed by atoms with E-state index in [2.05, 4.69) is 11.1 Å². The van der Waals surface area contributed by atoms with Crippen molar-refractivity contribution in [2.75, 3.05) is 12.9 Å². The van der Waals surface area contributed by atoms with Crippen molar-refractivity contribution in [2.45, 2.75) is 6.61 Å². The van der Waals surface area contributed by atoms with Crippen LogP contribution in [-0.4, -0.2) is 23.8 Å². The van der Waals surface area contributed by atoms with Crippen LogP contribution >= 0.6 is 23.4 Å². The third-order valence-electron chi connectivity index (χ3n) is 4.67. The first kappa shape index (κ1) is 21.8. The molecule has 0 aliphatic carbocycles. The van der Waals surface area contributed by atoms with Crippen LogP contribution in [0.25, 0.3) is 16.2 Å². The molecule has 0 spiro atoms. The molecule has 2 aromatic heterocycles. The number of hydrogen-bond donors (Lipinski definition) is 0. The molecule has 160 valence electrons. The van der Waals surface area contributed by atoms with Crippen LogP contribution in [-0.2, 0) is 11.3 Å². The fourth-order valence-electron chi connectivity index (χ4n) is 3.06. The van der Waals surface area contributed by atoms with E-state index in [-0.39, 0.29) is 18.1 Å². The maximum Gasteiger partial charge on any atom is 0.337 e. The lowest BCUT2D eigenvalue weighted by Gasteiger charge is -2.15. The van der Waals surface area contributed by atoms with Gasteiger partial charge in [0.1, 0.15) is 24.0 Å². The molecule has 1 aliphatic heterocycles. The van der Waals surface area contributed by atoms with Gasteiger partial charge in [0, 0.05) is 21.3 Å². The largest absolute Gasteiger partial charge is 0.472 e. The van der Waals surface area contributed by atoms with Crippen molar-refractivity contribution in [2.24, 2.45) is 0 Å². The van der Waals surface area contributed by atoms with Gasteiger partial charge in [-0.15, -0.1) is 11.8 Å². The molecule has 4 rings (SSSR count). The van der Waals surface area contributed by atoms with Gasteiger partial charge in [-0.3, -0.25) is 0 Å². The molecule has 3 aromatic rings. The second kappa shape index (κ2) is 9.77. The predicted octanol–water partition coefficient (Wildman–Crippen LogP) is 5.79. The van der Waals surface area contributed by atoms with Crippen LogP contribution in [0.4, 0.5) is 0 Å². The predicted molar refractivity (Wildman–Crippen MR) is 123 cm³/mol. The highest BCUT2D eigenvalue weighted by atomic mass is 35.5. The Morgan fingerprint density at radius 2 is 2.09 bits per heavy atom. The zero-order valence-corrected chi connectivity index (χ0v) is 18.6. The summed E-state index contributed by atoms with van der Waals surface area (Å²) in [5.41, 5.74) is 2.80. The molecule has 0 atom stereocenters. The van der Waals surface area contributed by atoms with Crippen LogP contribution in [0.1, 0.15) is 27.2 Å². The minimum atomic E-state index is -0.408. The molecular formula is C24H17ClN2O4S. The lowest BCUT2D eigenvalue weighted by atomic mass is 10.1. The smallest absolute Gasteiger partial charge is 0.337 e. The molecule has 0 bridgehead atoms. The van der Waals surface area contributed by atoms with Crippen LogP contribution in [0, 0.1) is 11.3 Å². The van der Waals surface area contributed by atoms with Crippen molar-refractivity contribution in [1.29, 1.82) is 5.26 Å². The van der Waals surface area contributed by atoms with Gasteiger partial charge in [0.05, 0.1) is 24.6 Å². The average molecular weight is 465 g/mol. The number of carbonyl (C=O) groups excluding carboxylic acids is 1. The van der Waals surface area contributed by atoms with Crippen molar-refractivity contribution >= 4 is 34.2 Å². The van der Waals surface area contributed by atoms with E-state index in [0.717, 1.165) is 15.5 Å². The molecule has 8 heteroatoms. The van der Waals surface area contributed by atoms with E-state index in [1.54, 1.807) is 54.4 Å². The highest BCUT2D eigenvalue weighted by Crippen LogP contribution is 2.38. The monoisotopic (exact) mass is 464 g/mol. The molecule has 1 aromatic carbocycles. The molecular weight excluding hydrogens is 448 g/mol. The fraction of sp³-hybridized carbons (Fsp3) is 0.125. The summed E-state index contributed by atoms with van der Waals surface area (Å²) in [7, 11) is 1.34. The zero-order valence-electron chi connectivity index (χ0n) is 17.0. The van der Waals surface area contributed by atoms with Gasteiger partial charge < -0.3 is 13.9 Å². The second-order valence-electron chi connectivity index (χ2n) is 6.73. The number of nitriles is 1. The van der Waals surface area contributed by atoms with E-state index in [9.17, 15) is 10.1 Å². The van der Waals surface area contributed by atoms with E-state index in [1.165, 1.54) is 7.11 Å². The number of esters is 1. The number of benzene rings is 1. The SMILES string of the molecule is COC(=O)c1ccc(COc2nc(C3=CC=C(Cl)CS3)cc(-c3ccco3)c2C#N)cc1. The average Bonchev–Trinajstić information content (AvgIpc) is 3.37. The Morgan fingerprint density at radius 3 is 2.72 bits per heavy atom. The molecule has 0 saturated heterocycles. The van der Waals surface area contributed by atoms with Crippen molar-refractivity contribution in [3.05, 3.63) is 88.3 Å². The number of rotatable bonds is 6. The summed E-state index contributed by atoms with van der Waals surface area (Å²) < 4.78 is 16.2. The molecule has 6 nitrogen and oxygen atoms in total. The quantitative estimate of drug-likeness (QED) is 0.427. The molecule has 1 aliphatic rings. The first-order valence-electron chi connectivity index (χ1n) is 9.57. The first-order valence-corrected chi connectivity index (χ1v) is 10.9. The minimum absolute atomic E-state index is 0.169. The number of methoxy groups -OCH3 is 1. The second-order valence-corrected chi connectivity index (χ2v) is 8.24. The summed E-state index contributed by atoms with van der Waals surface area (Å²) in [5.74, 6) is 0.991. The topological polar surface area (TPSA) is 85.3 Å². The highest BCUT2D eigenvalue weighted by molar-refractivity contribution is 8.08. The summed E-state index contributed by atoms with van der Waals surface area (Å²) in [6, 6.07) is 14.4. The molecule has 0 unspecified atom stereocenters. The van der Waals surface area contributed by atoms with Crippen LogP contribution in [0.5, 0.6) is 5.88 Å². The van der Waals surface area contributed by atoms with Crippen LogP contribution in [0.15, 0.2) is 70.3 Å². The maximum atomic E-state index is 11.6. The van der Waals surface area contributed by atoms with Gasteiger partial charge in [-0.25, -0.2) is 9.78 Å². The number of carbonyl (C=O) groups is 1. The summed E-state index contributed by atoms with van der Waals surface area (Å²) >= 11 is 7.64. The summed E-state index contributed by atoms with van der Waals surface area (Å²) in [6.07, 6.45) is 5.28. The van der Waals surface area contributed by atoms with Gasteiger partial charge >= 0.3 is 5.97 Å². The lowest BCUT2D eigenvalue weighted by Crippen LogP contribution is -2.05. The van der Waals surface area contributed by atoms with Crippen molar-refractivity contribution in [1.82, 2.24) is 4.98 Å². The molecule has 3 heterocycles. The highest BCUT2D eigenvalue weighted by Gasteiger charge is 2.20. The Balaban J connectivity index is 1.68. The van der Waals surface area contributed by atoms with Gasteiger partial charge in [-0.2, -0.15) is 5.26 Å². The van der Waals surface area contributed by atoms with Crippen molar-refractivity contribution < 1.29 is 18.7 Å². The van der Waals surface area contributed by atoms with Gasteiger partial charge in [-0.05, 0) is 48.0 Å². The number of aromatic nitrogens is 1. The van der Waals surface area contributed by atoms with E-state index >= 15 is 0 Å². The van der Waals surface area contributed by atoms with Crippen molar-refractivity contribution in [3.8, 4) is 23.3 Å². The van der Waals surface area contributed by atoms with Crippen LogP contribution < -0.4 is 4.74 Å². The fourth-order valence-corrected chi connectivity index (χ4v) is 4.09. The number of thioether (sulfide) groups is 1.